The summed E-state index contributed by atoms with van der Waals surface area (Å²) in [6.45, 7) is 2.52. The standard InChI is InChI=1S/C18H25N3O2S/c1-12-6-8-18(9-7-12)16(22)21(17(23)20-18)10-14-11-24-15(19-14)13-4-2-3-5-13/h11-13H,2-10H2,1H3,(H,20,23). The molecule has 6 heteroatoms. The summed E-state index contributed by atoms with van der Waals surface area (Å²) in [6, 6.07) is -0.245. The van der Waals surface area contributed by atoms with Crippen LogP contribution in [0.25, 0.3) is 0 Å². The maximum Gasteiger partial charge on any atom is 0.325 e. The number of hydrogen-bond acceptors (Lipinski definition) is 4. The van der Waals surface area contributed by atoms with E-state index < -0.39 is 5.54 Å². The fraction of sp³-hybridized carbons (Fsp3) is 0.722. The molecule has 3 fully saturated rings. The van der Waals surface area contributed by atoms with Crippen LogP contribution in [0.5, 0.6) is 0 Å². The smallest absolute Gasteiger partial charge is 0.323 e. The van der Waals surface area contributed by atoms with Crippen molar-refractivity contribution in [3.63, 3.8) is 0 Å². The summed E-state index contributed by atoms with van der Waals surface area (Å²) in [6.07, 6.45) is 8.54. The van der Waals surface area contributed by atoms with Crippen LogP contribution in [0.2, 0.25) is 0 Å². The van der Waals surface area contributed by atoms with E-state index in [1.807, 2.05) is 5.38 Å². The van der Waals surface area contributed by atoms with Gasteiger partial charge in [-0.3, -0.25) is 9.69 Å². The zero-order valence-corrected chi connectivity index (χ0v) is 15.0. The lowest BCUT2D eigenvalue weighted by Crippen LogP contribution is -2.49. The molecule has 2 saturated carbocycles. The predicted molar refractivity (Wildman–Crippen MR) is 92.8 cm³/mol. The number of nitrogens with one attached hydrogen (secondary N) is 1. The minimum Gasteiger partial charge on any atom is -0.323 e. The van der Waals surface area contributed by atoms with Crippen LogP contribution in [0.15, 0.2) is 5.38 Å². The van der Waals surface area contributed by atoms with E-state index >= 15 is 0 Å². The maximum absolute atomic E-state index is 12.9. The highest BCUT2D eigenvalue weighted by atomic mass is 32.1. The normalized spacial score (nSPS) is 31.2. The van der Waals surface area contributed by atoms with Gasteiger partial charge in [0.25, 0.3) is 5.91 Å². The first-order valence-electron chi connectivity index (χ1n) is 9.16. The average Bonchev–Trinajstić information content (AvgIpc) is 3.28. The molecule has 0 aromatic carbocycles. The van der Waals surface area contributed by atoms with Gasteiger partial charge in [-0.25, -0.2) is 9.78 Å². The van der Waals surface area contributed by atoms with E-state index in [4.69, 9.17) is 4.98 Å². The molecule has 0 radical (unpaired) electrons. The molecule has 2 heterocycles. The zero-order chi connectivity index (χ0) is 16.7. The first-order chi connectivity index (χ1) is 11.6. The van der Waals surface area contributed by atoms with Gasteiger partial charge in [-0.05, 0) is 44.4 Å². The van der Waals surface area contributed by atoms with Crippen molar-refractivity contribution < 1.29 is 9.59 Å². The number of rotatable bonds is 3. The first kappa shape index (κ1) is 16.1. The number of thiazole rings is 1. The van der Waals surface area contributed by atoms with Crippen molar-refractivity contribution in [2.45, 2.75) is 76.3 Å². The van der Waals surface area contributed by atoms with Crippen molar-refractivity contribution >= 4 is 23.3 Å². The number of nitrogens with zero attached hydrogens (tertiary/aromatic N) is 2. The van der Waals surface area contributed by atoms with E-state index in [9.17, 15) is 9.59 Å². The third-order valence-corrected chi connectivity index (χ3v) is 7.02. The minimum atomic E-state index is -0.645. The Morgan fingerprint density at radius 1 is 1.25 bits per heavy atom. The van der Waals surface area contributed by atoms with Crippen molar-refractivity contribution in [1.82, 2.24) is 15.2 Å². The monoisotopic (exact) mass is 347 g/mol. The topological polar surface area (TPSA) is 62.3 Å². The molecule has 3 amide bonds. The van der Waals surface area contributed by atoms with Gasteiger partial charge < -0.3 is 5.32 Å². The molecule has 1 N–H and O–H groups in total. The van der Waals surface area contributed by atoms with E-state index in [1.54, 1.807) is 11.3 Å². The van der Waals surface area contributed by atoms with E-state index in [1.165, 1.54) is 35.6 Å². The summed E-state index contributed by atoms with van der Waals surface area (Å²) >= 11 is 1.68. The highest BCUT2D eigenvalue weighted by Crippen LogP contribution is 2.38. The minimum absolute atomic E-state index is 0.0465. The van der Waals surface area contributed by atoms with Gasteiger partial charge >= 0.3 is 6.03 Å². The number of imide groups is 1. The molecular formula is C18H25N3O2S. The van der Waals surface area contributed by atoms with Crippen molar-refractivity contribution in [3.05, 3.63) is 16.1 Å². The molecule has 1 aromatic heterocycles. The molecule has 5 nitrogen and oxygen atoms in total. The largest absolute Gasteiger partial charge is 0.325 e. The van der Waals surface area contributed by atoms with Gasteiger partial charge in [-0.15, -0.1) is 11.3 Å². The Hall–Kier alpha value is -1.43. The molecule has 130 valence electrons. The molecule has 1 aliphatic heterocycles. The van der Waals surface area contributed by atoms with Crippen LogP contribution in [0, 0.1) is 5.92 Å². The Bertz CT molecular complexity index is 642. The molecule has 1 spiro atoms. The highest BCUT2D eigenvalue weighted by molar-refractivity contribution is 7.09. The van der Waals surface area contributed by atoms with Crippen molar-refractivity contribution in [1.29, 1.82) is 0 Å². The van der Waals surface area contributed by atoms with E-state index in [-0.39, 0.29) is 11.9 Å². The lowest BCUT2D eigenvalue weighted by atomic mass is 9.77. The summed E-state index contributed by atoms with van der Waals surface area (Å²) in [5.41, 5.74) is 0.208. The number of urea groups is 1. The van der Waals surface area contributed by atoms with E-state index in [2.05, 4.69) is 12.2 Å². The van der Waals surface area contributed by atoms with Gasteiger partial charge in [0, 0.05) is 11.3 Å². The molecule has 0 bridgehead atoms. The molecule has 3 aliphatic rings. The Labute approximate surface area is 146 Å². The van der Waals surface area contributed by atoms with E-state index in [0.717, 1.165) is 31.4 Å². The third kappa shape index (κ3) is 2.75. The summed E-state index contributed by atoms with van der Waals surface area (Å²) < 4.78 is 0. The average molecular weight is 347 g/mol. The summed E-state index contributed by atoms with van der Waals surface area (Å²) in [5.74, 6) is 1.18. The van der Waals surface area contributed by atoms with Gasteiger partial charge in [-0.1, -0.05) is 19.8 Å². The predicted octanol–water partition coefficient (Wildman–Crippen LogP) is 3.80. The van der Waals surface area contributed by atoms with Crippen LogP contribution in [0.1, 0.15) is 74.9 Å². The van der Waals surface area contributed by atoms with Crippen LogP contribution >= 0.6 is 11.3 Å². The van der Waals surface area contributed by atoms with Crippen LogP contribution in [-0.4, -0.2) is 27.4 Å². The first-order valence-corrected chi connectivity index (χ1v) is 10.0. The summed E-state index contributed by atoms with van der Waals surface area (Å²) in [5, 5.41) is 6.18. The SMILES string of the molecule is CC1CCC2(CC1)NC(=O)N(Cc1csc(C3CCCC3)n1)C2=O. The fourth-order valence-electron chi connectivity index (χ4n) is 4.33. The van der Waals surface area contributed by atoms with Crippen LogP contribution < -0.4 is 5.32 Å². The molecular weight excluding hydrogens is 322 g/mol. The molecule has 4 rings (SSSR count). The van der Waals surface area contributed by atoms with Crippen LogP contribution in [-0.2, 0) is 11.3 Å². The van der Waals surface area contributed by atoms with Crippen LogP contribution in [0.3, 0.4) is 0 Å². The van der Waals surface area contributed by atoms with Crippen LogP contribution in [0.4, 0.5) is 4.79 Å². The maximum atomic E-state index is 12.9. The number of hydrogen-bond donors (Lipinski definition) is 1. The number of carbonyl (C=O) groups is 2. The Morgan fingerprint density at radius 3 is 2.67 bits per heavy atom. The molecule has 24 heavy (non-hydrogen) atoms. The second kappa shape index (κ2) is 6.14. The third-order valence-electron chi connectivity index (χ3n) is 5.97. The van der Waals surface area contributed by atoms with Crippen molar-refractivity contribution in [3.8, 4) is 0 Å². The lowest BCUT2D eigenvalue weighted by Gasteiger charge is -2.33. The lowest BCUT2D eigenvalue weighted by molar-refractivity contribution is -0.133. The summed E-state index contributed by atoms with van der Waals surface area (Å²) in [4.78, 5) is 31.4. The number of carbonyl (C=O) groups excluding carboxylic acids is 2. The second-order valence-corrected chi connectivity index (χ2v) is 8.63. The summed E-state index contributed by atoms with van der Waals surface area (Å²) in [7, 11) is 0. The van der Waals surface area contributed by atoms with E-state index in [0.29, 0.717) is 18.4 Å². The van der Waals surface area contributed by atoms with Crippen molar-refractivity contribution in [2.24, 2.45) is 5.92 Å². The second-order valence-electron chi connectivity index (χ2n) is 7.74. The number of aromatic nitrogens is 1. The molecule has 1 aromatic rings. The Morgan fingerprint density at radius 2 is 1.96 bits per heavy atom. The molecule has 2 aliphatic carbocycles. The molecule has 1 saturated heterocycles. The zero-order valence-electron chi connectivity index (χ0n) is 14.2. The van der Waals surface area contributed by atoms with Gasteiger partial charge in [-0.2, -0.15) is 0 Å². The highest BCUT2D eigenvalue weighted by Gasteiger charge is 2.52. The number of amides is 3. The van der Waals surface area contributed by atoms with Crippen molar-refractivity contribution in [2.75, 3.05) is 0 Å². The van der Waals surface area contributed by atoms with Gasteiger partial charge in [0.2, 0.25) is 0 Å². The Kier molecular flexibility index (Phi) is 4.11. The fourth-order valence-corrected chi connectivity index (χ4v) is 5.31. The Balaban J connectivity index is 1.46. The molecule has 0 unspecified atom stereocenters. The quantitative estimate of drug-likeness (QED) is 0.846. The van der Waals surface area contributed by atoms with Gasteiger partial charge in [0.1, 0.15) is 5.54 Å². The molecule has 0 atom stereocenters. The van der Waals surface area contributed by atoms with Gasteiger partial charge in [0.15, 0.2) is 0 Å². The van der Waals surface area contributed by atoms with Gasteiger partial charge in [0.05, 0.1) is 17.2 Å².